The molecule has 2 rings (SSSR count). The summed E-state index contributed by atoms with van der Waals surface area (Å²) < 4.78 is 0. The van der Waals surface area contributed by atoms with Gasteiger partial charge in [0.05, 0.1) is 24.2 Å². The average Bonchev–Trinajstić information content (AvgIpc) is 2.48. The molecule has 0 radical (unpaired) electrons. The van der Waals surface area contributed by atoms with Crippen LogP contribution in [-0.4, -0.2) is 76.5 Å². The second-order valence-corrected chi connectivity index (χ2v) is 4.67. The number of piperazine rings is 1. The Bertz CT molecular complexity index is 468. The van der Waals surface area contributed by atoms with E-state index >= 15 is 0 Å². The van der Waals surface area contributed by atoms with Gasteiger partial charge < -0.3 is 25.0 Å². The fourth-order valence-electron chi connectivity index (χ4n) is 2.22. The Balaban J connectivity index is 0.00000220. The van der Waals surface area contributed by atoms with E-state index < -0.39 is 12.1 Å². The Morgan fingerprint density at radius 2 is 2.05 bits per heavy atom. The van der Waals surface area contributed by atoms with Crippen molar-refractivity contribution >= 4 is 11.8 Å². The van der Waals surface area contributed by atoms with Crippen molar-refractivity contribution in [2.24, 2.45) is 0 Å². The number of anilines is 1. The van der Waals surface area contributed by atoms with Crippen molar-refractivity contribution in [1.82, 2.24) is 14.9 Å². The number of hydrogen-bond acceptors (Lipinski definition) is 8. The number of aliphatic hydroxyl groups is 2. The van der Waals surface area contributed by atoms with Crippen molar-refractivity contribution < 1.29 is 49.7 Å². The minimum Gasteiger partial charge on any atom is -0.545 e. The topological polar surface area (TPSA) is 113 Å². The first-order valence-electron chi connectivity index (χ1n) is 6.39. The molecule has 2 heterocycles. The van der Waals surface area contributed by atoms with Gasteiger partial charge in [-0.15, -0.1) is 0 Å². The number of aromatic nitrogens is 2. The second kappa shape index (κ2) is 8.62. The van der Waals surface area contributed by atoms with Crippen molar-refractivity contribution in [2.75, 3.05) is 44.2 Å². The molecule has 1 unspecified atom stereocenters. The first-order valence-corrected chi connectivity index (χ1v) is 6.39. The number of aromatic carboxylic acids is 1. The third kappa shape index (κ3) is 4.87. The summed E-state index contributed by atoms with van der Waals surface area (Å²) in [5, 5.41) is 29.2. The van der Waals surface area contributed by atoms with Crippen LogP contribution in [0.25, 0.3) is 0 Å². The van der Waals surface area contributed by atoms with Crippen LogP contribution in [0.4, 0.5) is 5.82 Å². The quantitative estimate of drug-likeness (QED) is 0.518. The molecule has 21 heavy (non-hydrogen) atoms. The molecule has 2 N–H and O–H groups in total. The van der Waals surface area contributed by atoms with E-state index in [-0.39, 0.29) is 41.7 Å². The molecule has 0 bridgehead atoms. The van der Waals surface area contributed by atoms with Crippen LogP contribution in [-0.2, 0) is 0 Å². The van der Waals surface area contributed by atoms with Crippen LogP contribution < -0.4 is 39.6 Å². The van der Waals surface area contributed by atoms with E-state index in [2.05, 4.69) is 9.97 Å². The molecule has 9 heteroatoms. The van der Waals surface area contributed by atoms with Crippen LogP contribution in [0.1, 0.15) is 10.4 Å². The third-order valence-electron chi connectivity index (χ3n) is 3.26. The van der Waals surface area contributed by atoms with Crippen LogP contribution in [0.5, 0.6) is 0 Å². The first kappa shape index (κ1) is 18.3. The van der Waals surface area contributed by atoms with Gasteiger partial charge in [-0.1, -0.05) is 0 Å². The van der Waals surface area contributed by atoms with E-state index in [0.29, 0.717) is 38.5 Å². The molecule has 1 aliphatic rings. The van der Waals surface area contributed by atoms with E-state index in [4.69, 9.17) is 5.11 Å². The maximum absolute atomic E-state index is 11.0. The van der Waals surface area contributed by atoms with Gasteiger partial charge in [0, 0.05) is 38.9 Å². The molecule has 1 aromatic heterocycles. The van der Waals surface area contributed by atoms with Crippen LogP contribution >= 0.6 is 0 Å². The van der Waals surface area contributed by atoms with E-state index in [9.17, 15) is 15.0 Å². The number of carboxylic acids is 1. The zero-order valence-electron chi connectivity index (χ0n) is 12.0. The maximum atomic E-state index is 11.0. The Kier molecular flexibility index (Phi) is 7.50. The van der Waals surface area contributed by atoms with Crippen LogP contribution in [0.15, 0.2) is 12.5 Å². The predicted molar refractivity (Wildman–Crippen MR) is 68.1 cm³/mol. The summed E-state index contributed by atoms with van der Waals surface area (Å²) in [7, 11) is 0. The van der Waals surface area contributed by atoms with Gasteiger partial charge in [0.25, 0.3) is 0 Å². The Hall–Kier alpha value is -0.770. The Labute approximate surface area is 144 Å². The number of β-amino-alcohol motifs (C(OH)–C–C–N with tert-alkyl or cyclic N) is 1. The molecule has 0 aromatic carbocycles. The molecule has 0 saturated carbocycles. The summed E-state index contributed by atoms with van der Waals surface area (Å²) in [4.78, 5) is 22.6. The molecule has 8 nitrogen and oxygen atoms in total. The molecule has 110 valence electrons. The summed E-state index contributed by atoms with van der Waals surface area (Å²) in [5.74, 6) is -0.930. The molecule has 1 fully saturated rings. The average molecular weight is 304 g/mol. The van der Waals surface area contributed by atoms with Crippen molar-refractivity contribution in [3.05, 3.63) is 18.1 Å². The van der Waals surface area contributed by atoms with Crippen LogP contribution in [0, 0.1) is 0 Å². The van der Waals surface area contributed by atoms with Gasteiger partial charge in [-0.25, -0.2) is 9.97 Å². The normalized spacial score (nSPS) is 17.1. The van der Waals surface area contributed by atoms with Gasteiger partial charge in [0.15, 0.2) is 0 Å². The summed E-state index contributed by atoms with van der Waals surface area (Å²) in [6, 6.07) is 0. The zero-order valence-corrected chi connectivity index (χ0v) is 14.0. The fraction of sp³-hybridized carbons (Fsp3) is 0.583. The zero-order chi connectivity index (χ0) is 14.5. The van der Waals surface area contributed by atoms with E-state index in [1.54, 1.807) is 0 Å². The number of rotatable bonds is 5. The van der Waals surface area contributed by atoms with Crippen molar-refractivity contribution in [3.8, 4) is 0 Å². The number of hydrogen-bond donors (Lipinski definition) is 2. The summed E-state index contributed by atoms with van der Waals surface area (Å²) in [6.45, 7) is 2.65. The number of carbonyl (C=O) groups excluding carboxylic acids is 1. The molecule has 1 atom stereocenters. The van der Waals surface area contributed by atoms with Gasteiger partial charge in [-0.05, 0) is 0 Å². The molecule has 0 spiro atoms. The molecular weight excluding hydrogens is 287 g/mol. The Morgan fingerprint density at radius 1 is 1.38 bits per heavy atom. The molecule has 0 aliphatic carbocycles. The van der Waals surface area contributed by atoms with Gasteiger partial charge in [0.1, 0.15) is 12.1 Å². The van der Waals surface area contributed by atoms with Gasteiger partial charge in [0.2, 0.25) is 0 Å². The van der Waals surface area contributed by atoms with Crippen molar-refractivity contribution in [1.29, 1.82) is 0 Å². The smallest absolute Gasteiger partial charge is 0.545 e. The van der Waals surface area contributed by atoms with Crippen molar-refractivity contribution in [3.63, 3.8) is 0 Å². The van der Waals surface area contributed by atoms with E-state index in [1.807, 2.05) is 9.80 Å². The van der Waals surface area contributed by atoms with Crippen LogP contribution in [0.2, 0.25) is 0 Å². The summed E-state index contributed by atoms with van der Waals surface area (Å²) in [5.41, 5.74) is -0.0173. The predicted octanol–water partition coefficient (Wildman–Crippen LogP) is -5.68. The summed E-state index contributed by atoms with van der Waals surface area (Å²) in [6.07, 6.45) is 1.79. The molecular formula is C12H17N4NaO4. The first-order chi connectivity index (χ1) is 9.61. The molecule has 1 saturated heterocycles. The van der Waals surface area contributed by atoms with Gasteiger partial charge in [-0.3, -0.25) is 4.90 Å². The molecule has 0 amide bonds. The van der Waals surface area contributed by atoms with Gasteiger partial charge in [-0.2, -0.15) is 0 Å². The summed E-state index contributed by atoms with van der Waals surface area (Å²) >= 11 is 0. The minimum absolute atomic E-state index is 0. The second-order valence-electron chi connectivity index (χ2n) is 4.67. The van der Waals surface area contributed by atoms with Gasteiger partial charge >= 0.3 is 29.6 Å². The van der Waals surface area contributed by atoms with Crippen molar-refractivity contribution in [2.45, 2.75) is 6.10 Å². The number of carboxylic acid groups (broad SMARTS) is 1. The number of nitrogens with zero attached hydrogens (tertiary/aromatic N) is 4. The number of aliphatic hydroxyl groups excluding tert-OH is 2. The van der Waals surface area contributed by atoms with Crippen LogP contribution in [0.3, 0.4) is 0 Å². The standard InChI is InChI=1S/C12H18N4O4.Na/c17-7-9(18)6-15-1-3-16(4-2-15)11-10(12(19)20)5-13-8-14-11;/h5,8-9,17-18H,1-4,6-7H2,(H,19,20);/q;+1/p-1. The Morgan fingerprint density at radius 3 is 2.62 bits per heavy atom. The SMILES string of the molecule is O=C([O-])c1cncnc1N1CCN(CC(O)CO)CC1.[Na+]. The fourth-order valence-corrected chi connectivity index (χ4v) is 2.22. The maximum Gasteiger partial charge on any atom is 1.00 e. The van der Waals surface area contributed by atoms with E-state index in [0.717, 1.165) is 0 Å². The largest absolute Gasteiger partial charge is 1.00 e. The van der Waals surface area contributed by atoms with E-state index in [1.165, 1.54) is 12.5 Å². The third-order valence-corrected chi connectivity index (χ3v) is 3.26. The number of carbonyl (C=O) groups is 1. The monoisotopic (exact) mass is 304 g/mol. The minimum atomic E-state index is -1.29. The molecule has 1 aliphatic heterocycles. The molecule has 1 aromatic rings.